The zero-order valence-electron chi connectivity index (χ0n) is 13.9. The largest absolute Gasteiger partial charge is 0.507 e. The SMILES string of the molecule is Cc1ccc(C2=CN(CC3CCOCC3)CC(C(O)O)=C2O)nc1. The van der Waals surface area contributed by atoms with Crippen molar-refractivity contribution in [1.82, 2.24) is 9.88 Å². The molecule has 0 spiro atoms. The molecule has 0 saturated carbocycles. The summed E-state index contributed by atoms with van der Waals surface area (Å²) in [6.45, 7) is 4.58. The second kappa shape index (κ2) is 7.34. The van der Waals surface area contributed by atoms with Crippen LogP contribution in [-0.2, 0) is 4.74 Å². The Labute approximate surface area is 141 Å². The van der Waals surface area contributed by atoms with E-state index in [1.54, 1.807) is 6.20 Å². The predicted octanol–water partition coefficient (Wildman–Crippen LogP) is 1.60. The molecule has 1 aromatic heterocycles. The van der Waals surface area contributed by atoms with Crippen LogP contribution in [-0.4, -0.2) is 57.8 Å². The summed E-state index contributed by atoms with van der Waals surface area (Å²) in [5.41, 5.74) is 2.38. The molecule has 1 saturated heterocycles. The predicted molar refractivity (Wildman–Crippen MR) is 89.9 cm³/mol. The Morgan fingerprint density at radius 1 is 1.29 bits per heavy atom. The number of ether oxygens (including phenoxy) is 1. The van der Waals surface area contributed by atoms with E-state index in [2.05, 4.69) is 4.98 Å². The highest BCUT2D eigenvalue weighted by Crippen LogP contribution is 2.30. The first-order chi connectivity index (χ1) is 11.5. The lowest BCUT2D eigenvalue weighted by Crippen LogP contribution is -2.35. The third-order valence-electron chi connectivity index (χ3n) is 4.58. The molecule has 3 N–H and O–H groups in total. The summed E-state index contributed by atoms with van der Waals surface area (Å²) in [6, 6.07) is 3.75. The van der Waals surface area contributed by atoms with Gasteiger partial charge >= 0.3 is 0 Å². The zero-order valence-corrected chi connectivity index (χ0v) is 13.9. The molecule has 0 amide bonds. The Morgan fingerprint density at radius 3 is 2.67 bits per heavy atom. The minimum absolute atomic E-state index is 0.0930. The number of pyridine rings is 1. The average Bonchev–Trinajstić information content (AvgIpc) is 2.58. The Kier molecular flexibility index (Phi) is 5.18. The first kappa shape index (κ1) is 17.0. The van der Waals surface area contributed by atoms with E-state index in [1.807, 2.05) is 30.2 Å². The van der Waals surface area contributed by atoms with Gasteiger partial charge in [-0.05, 0) is 37.3 Å². The number of allylic oxidation sites excluding steroid dienone is 1. The van der Waals surface area contributed by atoms with Gasteiger partial charge in [-0.15, -0.1) is 0 Å². The van der Waals surface area contributed by atoms with Crippen molar-refractivity contribution in [1.29, 1.82) is 0 Å². The van der Waals surface area contributed by atoms with Crippen LogP contribution in [0.4, 0.5) is 0 Å². The molecule has 2 aliphatic rings. The standard InChI is InChI=1S/C18H24N2O4/c1-12-2-3-16(19-8-12)14-10-20(9-13-4-6-24-7-5-13)11-15(17(14)21)18(22)23/h2-3,8,10,13,18,21-23H,4-7,9,11H2,1H3. The number of hydrogen-bond acceptors (Lipinski definition) is 6. The van der Waals surface area contributed by atoms with Crippen molar-refractivity contribution in [3.05, 3.63) is 47.1 Å². The van der Waals surface area contributed by atoms with Gasteiger partial charge in [0.1, 0.15) is 5.76 Å². The molecule has 0 aliphatic carbocycles. The third kappa shape index (κ3) is 3.77. The number of aryl methyl sites for hydroxylation is 1. The Morgan fingerprint density at radius 2 is 2.04 bits per heavy atom. The average molecular weight is 332 g/mol. The van der Waals surface area contributed by atoms with Crippen molar-refractivity contribution < 1.29 is 20.1 Å². The monoisotopic (exact) mass is 332 g/mol. The molecule has 3 heterocycles. The lowest BCUT2D eigenvalue weighted by atomic mass is 9.97. The third-order valence-corrected chi connectivity index (χ3v) is 4.58. The van der Waals surface area contributed by atoms with Crippen LogP contribution < -0.4 is 0 Å². The van der Waals surface area contributed by atoms with Crippen LogP contribution in [0.2, 0.25) is 0 Å². The molecule has 0 bridgehead atoms. The van der Waals surface area contributed by atoms with Crippen LogP contribution in [0.15, 0.2) is 35.9 Å². The Bertz CT molecular complexity index is 631. The van der Waals surface area contributed by atoms with Crippen molar-refractivity contribution in [2.24, 2.45) is 5.92 Å². The van der Waals surface area contributed by atoms with Crippen LogP contribution in [0.25, 0.3) is 5.57 Å². The lowest BCUT2D eigenvalue weighted by molar-refractivity contribution is -0.0158. The fourth-order valence-corrected chi connectivity index (χ4v) is 3.15. The van der Waals surface area contributed by atoms with E-state index in [-0.39, 0.29) is 11.3 Å². The highest BCUT2D eigenvalue weighted by atomic mass is 16.5. The zero-order chi connectivity index (χ0) is 17.1. The van der Waals surface area contributed by atoms with Gasteiger partial charge in [-0.2, -0.15) is 0 Å². The number of hydrogen-bond donors (Lipinski definition) is 3. The van der Waals surface area contributed by atoms with E-state index in [0.717, 1.165) is 38.2 Å². The number of aromatic nitrogens is 1. The molecule has 1 aromatic rings. The van der Waals surface area contributed by atoms with E-state index >= 15 is 0 Å². The Hall–Kier alpha value is -1.89. The molecule has 24 heavy (non-hydrogen) atoms. The fourth-order valence-electron chi connectivity index (χ4n) is 3.15. The molecule has 130 valence electrons. The molecule has 0 atom stereocenters. The van der Waals surface area contributed by atoms with Gasteiger partial charge in [-0.25, -0.2) is 0 Å². The van der Waals surface area contributed by atoms with E-state index in [9.17, 15) is 15.3 Å². The normalized spacial score (nSPS) is 19.8. The van der Waals surface area contributed by atoms with Gasteiger partial charge < -0.3 is 25.0 Å². The number of aliphatic hydroxyl groups is 3. The molecule has 0 unspecified atom stereocenters. The summed E-state index contributed by atoms with van der Waals surface area (Å²) in [5, 5.41) is 29.7. The summed E-state index contributed by atoms with van der Waals surface area (Å²) < 4.78 is 5.39. The summed E-state index contributed by atoms with van der Waals surface area (Å²) in [5.74, 6) is 0.407. The van der Waals surface area contributed by atoms with Crippen molar-refractivity contribution in [3.8, 4) is 0 Å². The van der Waals surface area contributed by atoms with Gasteiger partial charge in [-0.1, -0.05) is 6.07 Å². The Balaban J connectivity index is 1.87. The summed E-state index contributed by atoms with van der Waals surface area (Å²) in [7, 11) is 0. The fraction of sp³-hybridized carbons (Fsp3) is 0.500. The molecule has 2 aliphatic heterocycles. The van der Waals surface area contributed by atoms with Gasteiger partial charge in [0.15, 0.2) is 6.29 Å². The maximum Gasteiger partial charge on any atom is 0.179 e. The highest BCUT2D eigenvalue weighted by molar-refractivity contribution is 5.76. The molecule has 6 nitrogen and oxygen atoms in total. The highest BCUT2D eigenvalue weighted by Gasteiger charge is 2.27. The van der Waals surface area contributed by atoms with E-state index in [0.29, 0.717) is 23.7 Å². The molecule has 0 aromatic carbocycles. The smallest absolute Gasteiger partial charge is 0.179 e. The van der Waals surface area contributed by atoms with Gasteiger partial charge in [-0.3, -0.25) is 4.98 Å². The number of nitrogens with zero attached hydrogens (tertiary/aromatic N) is 2. The van der Waals surface area contributed by atoms with E-state index in [1.165, 1.54) is 0 Å². The van der Waals surface area contributed by atoms with Crippen molar-refractivity contribution in [2.75, 3.05) is 26.3 Å². The van der Waals surface area contributed by atoms with Gasteiger partial charge in [0.2, 0.25) is 0 Å². The molecule has 6 heteroatoms. The topological polar surface area (TPSA) is 86.1 Å². The van der Waals surface area contributed by atoms with Crippen LogP contribution in [0, 0.1) is 12.8 Å². The maximum atomic E-state index is 10.5. The van der Waals surface area contributed by atoms with E-state index < -0.39 is 6.29 Å². The van der Waals surface area contributed by atoms with Crippen molar-refractivity contribution >= 4 is 5.57 Å². The second-order valence-corrected chi connectivity index (χ2v) is 6.50. The molecule has 0 radical (unpaired) electrons. The van der Waals surface area contributed by atoms with Crippen LogP contribution >= 0.6 is 0 Å². The van der Waals surface area contributed by atoms with Gasteiger partial charge in [0, 0.05) is 44.3 Å². The molecule has 3 rings (SSSR count). The number of rotatable bonds is 4. The molecular formula is C18H24N2O4. The minimum atomic E-state index is -1.68. The maximum absolute atomic E-state index is 10.5. The van der Waals surface area contributed by atoms with Crippen molar-refractivity contribution in [3.63, 3.8) is 0 Å². The van der Waals surface area contributed by atoms with Gasteiger partial charge in [0.25, 0.3) is 0 Å². The van der Waals surface area contributed by atoms with Crippen molar-refractivity contribution in [2.45, 2.75) is 26.1 Å². The summed E-state index contributed by atoms with van der Waals surface area (Å²) in [4.78, 5) is 6.38. The summed E-state index contributed by atoms with van der Waals surface area (Å²) in [6.07, 6.45) is 3.91. The first-order valence-electron chi connectivity index (χ1n) is 8.29. The van der Waals surface area contributed by atoms with Crippen LogP contribution in [0.1, 0.15) is 24.1 Å². The second-order valence-electron chi connectivity index (χ2n) is 6.50. The van der Waals surface area contributed by atoms with Crippen LogP contribution in [0.5, 0.6) is 0 Å². The van der Waals surface area contributed by atoms with Gasteiger partial charge in [0.05, 0.1) is 11.3 Å². The summed E-state index contributed by atoms with van der Waals surface area (Å²) >= 11 is 0. The van der Waals surface area contributed by atoms with Crippen LogP contribution in [0.3, 0.4) is 0 Å². The van der Waals surface area contributed by atoms with E-state index in [4.69, 9.17) is 4.74 Å². The quantitative estimate of drug-likeness (QED) is 0.726. The molecule has 1 fully saturated rings. The molecular weight excluding hydrogens is 308 g/mol. The lowest BCUT2D eigenvalue weighted by Gasteiger charge is -2.33. The first-order valence-corrected chi connectivity index (χ1v) is 8.29. The number of aliphatic hydroxyl groups excluding tert-OH is 2. The minimum Gasteiger partial charge on any atom is -0.507 e.